The molecule has 0 unspecified atom stereocenters. The van der Waals surface area contributed by atoms with E-state index in [1.54, 1.807) is 0 Å². The quantitative estimate of drug-likeness (QED) is 0.468. The van der Waals surface area contributed by atoms with Crippen molar-refractivity contribution in [2.45, 2.75) is 39.2 Å². The van der Waals surface area contributed by atoms with E-state index in [4.69, 9.17) is 0 Å². The van der Waals surface area contributed by atoms with Gasteiger partial charge >= 0.3 is 0 Å². The van der Waals surface area contributed by atoms with Gasteiger partial charge in [0.15, 0.2) is 0 Å². The molecule has 1 N–H and O–H groups in total. The van der Waals surface area contributed by atoms with Gasteiger partial charge in [0.25, 0.3) is 17.3 Å². The van der Waals surface area contributed by atoms with Crippen molar-refractivity contribution in [3.05, 3.63) is 90.5 Å². The number of carbonyl (C=O) groups is 1. The SMILES string of the molecule is Cc1cc2ccc3c(c2cc1C)[C@@H](NC(=O)c1cc([N+](=O)[O-])cc([N+](=O)[O-])c1)CCC3. The van der Waals surface area contributed by atoms with Gasteiger partial charge in [-0.05, 0) is 66.1 Å². The summed E-state index contributed by atoms with van der Waals surface area (Å²) in [6, 6.07) is 11.2. The molecule has 0 heterocycles. The van der Waals surface area contributed by atoms with Crippen LogP contribution < -0.4 is 5.32 Å². The Labute approximate surface area is 178 Å². The van der Waals surface area contributed by atoms with Crippen LogP contribution in [0.5, 0.6) is 0 Å². The minimum atomic E-state index is -0.738. The van der Waals surface area contributed by atoms with Crippen LogP contribution in [0.3, 0.4) is 0 Å². The van der Waals surface area contributed by atoms with Crippen molar-refractivity contribution in [1.29, 1.82) is 0 Å². The minimum absolute atomic E-state index is 0.0970. The number of benzene rings is 3. The van der Waals surface area contributed by atoms with Crippen LogP contribution in [0.15, 0.2) is 42.5 Å². The number of hydrogen-bond acceptors (Lipinski definition) is 5. The number of nitro groups is 2. The van der Waals surface area contributed by atoms with Gasteiger partial charge in [-0.25, -0.2) is 0 Å². The lowest BCUT2D eigenvalue weighted by Gasteiger charge is -2.28. The molecule has 1 aliphatic rings. The first-order valence-corrected chi connectivity index (χ1v) is 10.0. The van der Waals surface area contributed by atoms with E-state index in [9.17, 15) is 25.0 Å². The molecule has 4 rings (SSSR count). The van der Waals surface area contributed by atoms with Crippen molar-refractivity contribution in [2.24, 2.45) is 0 Å². The number of amides is 1. The molecule has 0 aliphatic heterocycles. The maximum atomic E-state index is 13.0. The predicted octanol–water partition coefficient (Wildman–Crippen LogP) is 5.08. The highest BCUT2D eigenvalue weighted by Gasteiger charge is 2.26. The Morgan fingerprint density at radius 1 is 0.968 bits per heavy atom. The van der Waals surface area contributed by atoms with Crippen LogP contribution in [0.25, 0.3) is 10.8 Å². The second-order valence-corrected chi connectivity index (χ2v) is 7.97. The molecule has 0 radical (unpaired) electrons. The number of hydrogen-bond donors (Lipinski definition) is 1. The Morgan fingerprint density at radius 3 is 2.26 bits per heavy atom. The number of fused-ring (bicyclic) bond motifs is 3. The molecule has 0 spiro atoms. The van der Waals surface area contributed by atoms with Gasteiger partial charge in [-0.1, -0.05) is 24.3 Å². The summed E-state index contributed by atoms with van der Waals surface area (Å²) in [6.45, 7) is 4.11. The number of non-ortho nitro benzene ring substituents is 2. The number of aryl methyl sites for hydroxylation is 3. The zero-order valence-corrected chi connectivity index (χ0v) is 17.2. The number of carbonyl (C=O) groups excluding carboxylic acids is 1. The Balaban J connectivity index is 1.74. The zero-order chi connectivity index (χ0) is 22.3. The van der Waals surface area contributed by atoms with Crippen molar-refractivity contribution < 1.29 is 14.6 Å². The summed E-state index contributed by atoms with van der Waals surface area (Å²) in [6.07, 6.45) is 2.53. The van der Waals surface area contributed by atoms with Crippen LogP contribution >= 0.6 is 0 Å². The second kappa shape index (κ2) is 7.79. The van der Waals surface area contributed by atoms with Crippen LogP contribution in [0, 0.1) is 34.1 Å². The molecular weight excluding hydrogens is 398 g/mol. The highest BCUT2D eigenvalue weighted by atomic mass is 16.6. The molecule has 158 valence electrons. The topological polar surface area (TPSA) is 115 Å². The van der Waals surface area contributed by atoms with Crippen LogP contribution in [-0.2, 0) is 6.42 Å². The van der Waals surface area contributed by atoms with E-state index in [1.165, 1.54) is 5.56 Å². The van der Waals surface area contributed by atoms with E-state index in [2.05, 4.69) is 36.5 Å². The maximum absolute atomic E-state index is 13.0. The maximum Gasteiger partial charge on any atom is 0.277 e. The van der Waals surface area contributed by atoms with Crippen molar-refractivity contribution in [1.82, 2.24) is 5.32 Å². The smallest absolute Gasteiger partial charge is 0.277 e. The van der Waals surface area contributed by atoms with Gasteiger partial charge in [0.2, 0.25) is 0 Å². The standard InChI is InChI=1S/C23H21N3O5/c1-13-8-16-7-6-15-4-3-5-21(22(15)20(16)9-14(13)2)24-23(27)17-10-18(25(28)29)12-19(11-17)26(30)31/h6-12,21H,3-5H2,1-2H3,(H,24,27)/t21-/m0/s1. The number of nitrogens with one attached hydrogen (secondary N) is 1. The van der Waals surface area contributed by atoms with E-state index in [0.29, 0.717) is 0 Å². The van der Waals surface area contributed by atoms with Gasteiger partial charge in [-0.2, -0.15) is 0 Å². The molecule has 1 aliphatic carbocycles. The fraction of sp³-hybridized carbons (Fsp3) is 0.261. The van der Waals surface area contributed by atoms with Crippen molar-refractivity contribution in [3.63, 3.8) is 0 Å². The normalized spacial score (nSPS) is 15.4. The van der Waals surface area contributed by atoms with E-state index in [0.717, 1.165) is 64.9 Å². The van der Waals surface area contributed by atoms with Gasteiger partial charge in [0.05, 0.1) is 27.5 Å². The molecule has 8 nitrogen and oxygen atoms in total. The second-order valence-electron chi connectivity index (χ2n) is 7.97. The molecule has 0 bridgehead atoms. The summed E-state index contributed by atoms with van der Waals surface area (Å²) < 4.78 is 0. The summed E-state index contributed by atoms with van der Waals surface area (Å²) in [5, 5.41) is 27.5. The number of nitro benzene ring substituents is 2. The molecule has 3 aromatic carbocycles. The molecule has 0 aromatic heterocycles. The summed E-state index contributed by atoms with van der Waals surface area (Å²) in [5.74, 6) is -0.564. The molecule has 3 aromatic rings. The predicted molar refractivity (Wildman–Crippen MR) is 116 cm³/mol. The van der Waals surface area contributed by atoms with Crippen LogP contribution in [-0.4, -0.2) is 15.8 Å². The molecular formula is C23H21N3O5. The third kappa shape index (κ3) is 3.84. The molecule has 8 heteroatoms. The molecule has 1 atom stereocenters. The Kier molecular flexibility index (Phi) is 5.14. The highest BCUT2D eigenvalue weighted by Crippen LogP contribution is 2.37. The highest BCUT2D eigenvalue weighted by molar-refractivity contribution is 5.96. The van der Waals surface area contributed by atoms with Gasteiger partial charge < -0.3 is 5.32 Å². The Bertz CT molecular complexity index is 1220. The molecule has 31 heavy (non-hydrogen) atoms. The van der Waals surface area contributed by atoms with Crippen LogP contribution in [0.4, 0.5) is 11.4 Å². The summed E-state index contributed by atoms with van der Waals surface area (Å²) >= 11 is 0. The van der Waals surface area contributed by atoms with Gasteiger partial charge in [0.1, 0.15) is 0 Å². The van der Waals surface area contributed by atoms with Gasteiger partial charge in [-0.3, -0.25) is 25.0 Å². The van der Waals surface area contributed by atoms with Crippen molar-refractivity contribution in [2.75, 3.05) is 0 Å². The van der Waals surface area contributed by atoms with Gasteiger partial charge in [-0.15, -0.1) is 0 Å². The first kappa shape index (κ1) is 20.5. The van der Waals surface area contributed by atoms with Crippen molar-refractivity contribution in [3.8, 4) is 0 Å². The number of rotatable bonds is 4. The summed E-state index contributed by atoms with van der Waals surface area (Å²) in [7, 11) is 0. The monoisotopic (exact) mass is 419 g/mol. The first-order chi connectivity index (χ1) is 14.7. The molecule has 0 fully saturated rings. The Morgan fingerprint density at radius 2 is 1.61 bits per heavy atom. The third-order valence-electron chi connectivity index (χ3n) is 5.95. The molecule has 1 amide bonds. The molecule has 0 saturated heterocycles. The van der Waals surface area contributed by atoms with Crippen molar-refractivity contribution >= 4 is 28.1 Å². The first-order valence-electron chi connectivity index (χ1n) is 10.0. The lowest BCUT2D eigenvalue weighted by Crippen LogP contribution is -2.31. The van der Waals surface area contributed by atoms with Crippen LogP contribution in [0.1, 0.15) is 51.5 Å². The lowest BCUT2D eigenvalue weighted by molar-refractivity contribution is -0.394. The largest absolute Gasteiger partial charge is 0.345 e. The lowest BCUT2D eigenvalue weighted by atomic mass is 9.83. The van der Waals surface area contributed by atoms with E-state index in [-0.39, 0.29) is 11.6 Å². The zero-order valence-electron chi connectivity index (χ0n) is 17.2. The minimum Gasteiger partial charge on any atom is -0.345 e. The summed E-state index contributed by atoms with van der Waals surface area (Å²) in [4.78, 5) is 33.8. The molecule has 0 saturated carbocycles. The number of nitrogens with zero attached hydrogens (tertiary/aromatic N) is 2. The van der Waals surface area contributed by atoms with E-state index >= 15 is 0 Å². The average Bonchev–Trinajstić information content (AvgIpc) is 2.74. The van der Waals surface area contributed by atoms with Gasteiger partial charge in [0, 0.05) is 12.1 Å². The fourth-order valence-electron chi connectivity index (χ4n) is 4.26. The van der Waals surface area contributed by atoms with E-state index < -0.39 is 27.1 Å². The third-order valence-corrected chi connectivity index (χ3v) is 5.95. The fourth-order valence-corrected chi connectivity index (χ4v) is 4.26. The van der Waals surface area contributed by atoms with E-state index in [1.807, 2.05) is 6.92 Å². The summed E-state index contributed by atoms with van der Waals surface area (Å²) in [5.41, 5.74) is 3.50. The average molecular weight is 419 g/mol. The van der Waals surface area contributed by atoms with Crippen LogP contribution in [0.2, 0.25) is 0 Å². The Hall–Kier alpha value is -3.81.